The van der Waals surface area contributed by atoms with Crippen molar-refractivity contribution in [2.24, 2.45) is 0 Å². The van der Waals surface area contributed by atoms with Gasteiger partial charge in [0.25, 0.3) is 11.2 Å². The van der Waals surface area contributed by atoms with Crippen LogP contribution in [0.1, 0.15) is 5.56 Å². The molecule has 2 heterocycles. The van der Waals surface area contributed by atoms with Gasteiger partial charge < -0.3 is 4.18 Å². The van der Waals surface area contributed by atoms with Crippen LogP contribution < -0.4 is 14.3 Å². The van der Waals surface area contributed by atoms with Crippen LogP contribution in [0.25, 0.3) is 22.1 Å². The molecule has 5 aromatic rings. The van der Waals surface area contributed by atoms with E-state index in [1.807, 2.05) is 24.3 Å². The fourth-order valence-electron chi connectivity index (χ4n) is 3.35. The fraction of sp³-hybridized carbons (Fsp3) is 0. The zero-order valence-electron chi connectivity index (χ0n) is 16.6. The summed E-state index contributed by atoms with van der Waals surface area (Å²) < 4.78 is 32.3. The lowest BCUT2D eigenvalue weighted by Gasteiger charge is -2.07. The quantitative estimate of drug-likeness (QED) is 0.216. The van der Waals surface area contributed by atoms with Gasteiger partial charge in [-0.3, -0.25) is 14.9 Å². The molecule has 2 aromatic heterocycles. The third kappa shape index (κ3) is 3.83. The Bertz CT molecular complexity index is 1770. The Morgan fingerprint density at radius 1 is 1.03 bits per heavy atom. The summed E-state index contributed by atoms with van der Waals surface area (Å²) >= 11 is 1.23. The van der Waals surface area contributed by atoms with Gasteiger partial charge in [0.05, 0.1) is 20.5 Å². The first-order valence-corrected chi connectivity index (χ1v) is 11.7. The van der Waals surface area contributed by atoms with Crippen LogP contribution in [0.5, 0.6) is 5.75 Å². The summed E-state index contributed by atoms with van der Waals surface area (Å²) in [4.78, 5) is 27.9. The number of nitro benzene ring substituents is 1. The molecule has 0 atom stereocenters. The summed E-state index contributed by atoms with van der Waals surface area (Å²) in [7, 11) is -4.29. The number of aromatic nitrogens is 2. The molecule has 0 unspecified atom stereocenters. The van der Waals surface area contributed by atoms with Crippen molar-refractivity contribution in [1.82, 2.24) is 9.38 Å². The largest absolute Gasteiger partial charge is 0.379 e. The number of para-hydroxylation sites is 2. The van der Waals surface area contributed by atoms with Gasteiger partial charge in [-0.2, -0.15) is 8.42 Å². The third-order valence-corrected chi connectivity index (χ3v) is 7.04. The maximum absolute atomic E-state index is 12.9. The van der Waals surface area contributed by atoms with Gasteiger partial charge in [0.15, 0.2) is 4.96 Å². The lowest BCUT2D eigenvalue weighted by Crippen LogP contribution is -2.22. The number of non-ortho nitro benzene ring substituents is 1. The molecule has 9 nitrogen and oxygen atoms in total. The van der Waals surface area contributed by atoms with E-state index in [4.69, 9.17) is 4.18 Å². The molecule has 0 saturated heterocycles. The van der Waals surface area contributed by atoms with Crippen molar-refractivity contribution in [3.63, 3.8) is 0 Å². The van der Waals surface area contributed by atoms with E-state index in [0.29, 0.717) is 20.6 Å². The van der Waals surface area contributed by atoms with E-state index in [9.17, 15) is 23.3 Å². The van der Waals surface area contributed by atoms with Gasteiger partial charge in [-0.05, 0) is 42.0 Å². The van der Waals surface area contributed by atoms with Crippen LogP contribution in [-0.4, -0.2) is 22.7 Å². The average molecular weight is 479 g/mol. The van der Waals surface area contributed by atoms with Crippen LogP contribution in [-0.2, 0) is 10.1 Å². The van der Waals surface area contributed by atoms with Crippen molar-refractivity contribution >= 4 is 49.2 Å². The highest BCUT2D eigenvalue weighted by Crippen LogP contribution is 2.23. The minimum Gasteiger partial charge on any atom is -0.379 e. The second-order valence-corrected chi connectivity index (χ2v) is 9.55. The average Bonchev–Trinajstić information content (AvgIpc) is 3.30. The van der Waals surface area contributed by atoms with Crippen LogP contribution in [0.3, 0.4) is 0 Å². The molecular formula is C22H13N3O6S2. The summed E-state index contributed by atoms with van der Waals surface area (Å²) in [6.07, 6.45) is 1.63. The Labute approximate surface area is 190 Å². The molecule has 0 amide bonds. The SMILES string of the molecule is O=c1/c(=C\c2cccc(OS(=O)(=O)c3cccc([N+](=O)[O-])c3)c2)sc2nc3ccccc3n12. The molecule has 33 heavy (non-hydrogen) atoms. The second-order valence-electron chi connectivity index (χ2n) is 7.00. The van der Waals surface area contributed by atoms with Crippen molar-refractivity contribution in [3.8, 4) is 5.75 Å². The van der Waals surface area contributed by atoms with E-state index in [2.05, 4.69) is 4.98 Å². The second kappa shape index (κ2) is 7.80. The van der Waals surface area contributed by atoms with Gasteiger partial charge in [-0.25, -0.2) is 9.38 Å². The molecule has 0 saturated carbocycles. The predicted octanol–water partition coefficient (Wildman–Crippen LogP) is 3.13. The number of fused-ring (bicyclic) bond motifs is 3. The molecular weight excluding hydrogens is 466 g/mol. The lowest BCUT2D eigenvalue weighted by atomic mass is 10.2. The number of nitrogens with zero attached hydrogens (tertiary/aromatic N) is 3. The van der Waals surface area contributed by atoms with E-state index >= 15 is 0 Å². The van der Waals surface area contributed by atoms with Crippen molar-refractivity contribution in [3.05, 3.63) is 103 Å². The number of thiazole rings is 1. The molecule has 0 N–H and O–H groups in total. The first-order valence-electron chi connectivity index (χ1n) is 9.52. The van der Waals surface area contributed by atoms with Crippen LogP contribution >= 0.6 is 11.3 Å². The predicted molar refractivity (Wildman–Crippen MR) is 123 cm³/mol. The lowest BCUT2D eigenvalue weighted by molar-refractivity contribution is -0.385. The van der Waals surface area contributed by atoms with Crippen molar-refractivity contribution in [2.45, 2.75) is 4.90 Å². The first-order chi connectivity index (χ1) is 15.8. The molecule has 3 aromatic carbocycles. The number of hydrogen-bond acceptors (Lipinski definition) is 8. The maximum atomic E-state index is 12.9. The monoisotopic (exact) mass is 479 g/mol. The topological polar surface area (TPSA) is 121 Å². The van der Waals surface area contributed by atoms with E-state index in [1.54, 1.807) is 22.6 Å². The number of benzene rings is 3. The molecule has 164 valence electrons. The van der Waals surface area contributed by atoms with Gasteiger partial charge >= 0.3 is 10.1 Å². The minimum absolute atomic E-state index is 0.00879. The summed E-state index contributed by atoms with van der Waals surface area (Å²) in [5, 5.41) is 10.9. The fourth-order valence-corrected chi connectivity index (χ4v) is 5.30. The van der Waals surface area contributed by atoms with Crippen LogP contribution in [0.2, 0.25) is 0 Å². The van der Waals surface area contributed by atoms with Crippen LogP contribution in [0.4, 0.5) is 5.69 Å². The Morgan fingerprint density at radius 3 is 2.64 bits per heavy atom. The molecule has 0 spiro atoms. The van der Waals surface area contributed by atoms with Crippen LogP contribution in [0, 0.1) is 10.1 Å². The zero-order valence-corrected chi connectivity index (χ0v) is 18.2. The summed E-state index contributed by atoms with van der Waals surface area (Å²) in [5.74, 6) is 0.00879. The van der Waals surface area contributed by atoms with E-state index in [-0.39, 0.29) is 21.9 Å². The summed E-state index contributed by atoms with van der Waals surface area (Å²) in [6, 6.07) is 18.1. The molecule has 0 radical (unpaired) electrons. The van der Waals surface area contributed by atoms with Crippen LogP contribution in [0.15, 0.2) is 82.5 Å². The minimum atomic E-state index is -4.29. The van der Waals surface area contributed by atoms with Gasteiger partial charge in [0.1, 0.15) is 10.6 Å². The molecule has 0 aliphatic rings. The molecule has 11 heteroatoms. The third-order valence-electron chi connectivity index (χ3n) is 4.82. The highest BCUT2D eigenvalue weighted by molar-refractivity contribution is 7.87. The number of hydrogen-bond donors (Lipinski definition) is 0. The highest BCUT2D eigenvalue weighted by atomic mass is 32.2. The Balaban J connectivity index is 1.51. The van der Waals surface area contributed by atoms with Gasteiger partial charge in [0, 0.05) is 12.1 Å². The van der Waals surface area contributed by atoms with Gasteiger partial charge in [0.2, 0.25) is 0 Å². The molecule has 5 rings (SSSR count). The molecule has 0 aliphatic carbocycles. The first kappa shape index (κ1) is 20.8. The normalized spacial score (nSPS) is 12.4. The number of rotatable bonds is 5. The van der Waals surface area contributed by atoms with E-state index < -0.39 is 15.0 Å². The maximum Gasteiger partial charge on any atom is 0.339 e. The number of nitro groups is 1. The van der Waals surface area contributed by atoms with Crippen molar-refractivity contribution < 1.29 is 17.5 Å². The number of imidazole rings is 1. The summed E-state index contributed by atoms with van der Waals surface area (Å²) in [5.41, 5.74) is 1.41. The Hall–Kier alpha value is -4.09. The highest BCUT2D eigenvalue weighted by Gasteiger charge is 2.20. The standard InChI is InChI=1S/C22H13N3O6S2/c26-21-20(32-22-23-18-9-1-2-10-19(18)24(21)22)12-14-5-3-7-16(11-14)31-33(29,30)17-8-4-6-15(13-17)25(27)28/h1-13H/b20-12+. The van der Waals surface area contributed by atoms with E-state index in [0.717, 1.165) is 11.6 Å². The van der Waals surface area contributed by atoms with Crippen molar-refractivity contribution in [1.29, 1.82) is 0 Å². The van der Waals surface area contributed by atoms with Gasteiger partial charge in [-0.15, -0.1) is 0 Å². The zero-order chi connectivity index (χ0) is 23.2. The van der Waals surface area contributed by atoms with Crippen molar-refractivity contribution in [2.75, 3.05) is 0 Å². The molecule has 0 bridgehead atoms. The van der Waals surface area contributed by atoms with Gasteiger partial charge in [-0.1, -0.05) is 41.7 Å². The molecule has 0 fully saturated rings. The molecule has 0 aliphatic heterocycles. The Morgan fingerprint density at radius 2 is 1.82 bits per heavy atom. The Kier molecular flexibility index (Phi) is 4.91. The smallest absolute Gasteiger partial charge is 0.339 e. The van der Waals surface area contributed by atoms with E-state index in [1.165, 1.54) is 41.7 Å². The summed E-state index contributed by atoms with van der Waals surface area (Å²) in [6.45, 7) is 0.